The molecule has 3 rings (SSSR count). The SMILES string of the molecule is CCC(C)(C)Nc1cc(C(F)(F)F)c(-c2sc(C(=O)NCC(C)(C)O)nc2C(=O)N2CCC[C@@H]2C)cn1. The lowest BCUT2D eigenvalue weighted by Gasteiger charge is -2.26. The Hall–Kier alpha value is -2.73. The van der Waals surface area contributed by atoms with Gasteiger partial charge in [0.2, 0.25) is 0 Å². The Morgan fingerprint density at radius 3 is 2.46 bits per heavy atom. The lowest BCUT2D eigenvalue weighted by molar-refractivity contribution is -0.137. The van der Waals surface area contributed by atoms with Crippen molar-refractivity contribution in [1.82, 2.24) is 20.2 Å². The van der Waals surface area contributed by atoms with Crippen molar-refractivity contribution in [3.63, 3.8) is 0 Å². The standard InChI is InChI=1S/C25H34F3N5O3S/c1-7-23(3,4)32-17-11-16(25(26,27)28)15(12-29-17)19-18(22(35)33-10-8-9-14(33)2)31-21(37-19)20(34)30-13-24(5,6)36/h11-12,14,36H,7-10,13H2,1-6H3,(H,29,32)(H,30,34)/t14-/m0/s1. The fourth-order valence-corrected chi connectivity index (χ4v) is 4.86. The van der Waals surface area contributed by atoms with Crippen LogP contribution in [0.3, 0.4) is 0 Å². The van der Waals surface area contributed by atoms with Crippen LogP contribution in [0, 0.1) is 0 Å². The number of nitrogens with zero attached hydrogens (tertiary/aromatic N) is 3. The van der Waals surface area contributed by atoms with E-state index in [1.54, 1.807) is 4.90 Å². The highest BCUT2D eigenvalue weighted by molar-refractivity contribution is 7.17. The molecule has 0 aromatic carbocycles. The molecule has 1 aliphatic rings. The smallest absolute Gasteiger partial charge is 0.389 e. The number of nitrogens with one attached hydrogen (secondary N) is 2. The monoisotopic (exact) mass is 541 g/mol. The largest absolute Gasteiger partial charge is 0.417 e. The van der Waals surface area contributed by atoms with Crippen LogP contribution in [0.5, 0.6) is 0 Å². The third-order valence-electron chi connectivity index (χ3n) is 6.32. The van der Waals surface area contributed by atoms with Gasteiger partial charge in [-0.1, -0.05) is 6.92 Å². The van der Waals surface area contributed by atoms with Crippen molar-refractivity contribution in [2.75, 3.05) is 18.4 Å². The van der Waals surface area contributed by atoms with Gasteiger partial charge in [0, 0.05) is 36.4 Å². The van der Waals surface area contributed by atoms with Crippen LogP contribution in [0.15, 0.2) is 12.3 Å². The second-order valence-corrected chi connectivity index (χ2v) is 11.7. The highest BCUT2D eigenvalue weighted by Crippen LogP contribution is 2.42. The summed E-state index contributed by atoms with van der Waals surface area (Å²) in [6.45, 7) is 10.8. The molecule has 3 heterocycles. The molecule has 37 heavy (non-hydrogen) atoms. The Labute approximate surface area is 218 Å². The first-order valence-electron chi connectivity index (χ1n) is 12.2. The lowest BCUT2D eigenvalue weighted by atomic mass is 10.0. The molecule has 1 saturated heterocycles. The van der Waals surface area contributed by atoms with Gasteiger partial charge in [0.05, 0.1) is 16.0 Å². The fourth-order valence-electron chi connectivity index (χ4n) is 3.86. The summed E-state index contributed by atoms with van der Waals surface area (Å²) >= 11 is 0.701. The summed E-state index contributed by atoms with van der Waals surface area (Å²) in [5.74, 6) is -1.16. The van der Waals surface area contributed by atoms with E-state index in [2.05, 4.69) is 20.6 Å². The summed E-state index contributed by atoms with van der Waals surface area (Å²) < 4.78 is 42.8. The summed E-state index contributed by atoms with van der Waals surface area (Å²) in [5, 5.41) is 15.3. The maximum atomic E-state index is 14.3. The van der Waals surface area contributed by atoms with Gasteiger partial charge in [0.25, 0.3) is 11.8 Å². The Kier molecular flexibility index (Phi) is 8.23. The summed E-state index contributed by atoms with van der Waals surface area (Å²) in [7, 11) is 0. The number of hydrogen-bond acceptors (Lipinski definition) is 7. The molecule has 3 N–H and O–H groups in total. The van der Waals surface area contributed by atoms with Gasteiger partial charge >= 0.3 is 6.18 Å². The number of halogens is 3. The van der Waals surface area contributed by atoms with Crippen molar-refractivity contribution < 1.29 is 27.9 Å². The van der Waals surface area contributed by atoms with E-state index in [0.29, 0.717) is 24.3 Å². The number of pyridine rings is 1. The van der Waals surface area contributed by atoms with Crippen molar-refractivity contribution in [2.24, 2.45) is 0 Å². The molecule has 2 aromatic rings. The molecule has 1 atom stereocenters. The van der Waals surface area contributed by atoms with E-state index in [1.165, 1.54) is 13.8 Å². The van der Waals surface area contributed by atoms with E-state index in [4.69, 9.17) is 0 Å². The van der Waals surface area contributed by atoms with E-state index in [-0.39, 0.29) is 39.5 Å². The van der Waals surface area contributed by atoms with E-state index >= 15 is 0 Å². The minimum atomic E-state index is -4.75. The third-order valence-corrected chi connectivity index (χ3v) is 7.41. The summed E-state index contributed by atoms with van der Waals surface area (Å²) in [5.41, 5.74) is -3.20. The molecule has 0 spiro atoms. The van der Waals surface area contributed by atoms with Crippen molar-refractivity contribution in [2.45, 2.75) is 84.2 Å². The number of likely N-dealkylation sites (tertiary alicyclic amines) is 1. The molecule has 1 aliphatic heterocycles. The molecule has 0 unspecified atom stereocenters. The lowest BCUT2D eigenvalue weighted by Crippen LogP contribution is -2.38. The first kappa shape index (κ1) is 28.8. The quantitative estimate of drug-likeness (QED) is 0.437. The van der Waals surface area contributed by atoms with Crippen LogP contribution in [-0.2, 0) is 6.18 Å². The average molecular weight is 542 g/mol. The number of hydrogen-bond donors (Lipinski definition) is 3. The number of aliphatic hydroxyl groups is 1. The number of anilines is 1. The van der Waals surface area contributed by atoms with Gasteiger partial charge in [-0.2, -0.15) is 13.2 Å². The minimum absolute atomic E-state index is 0.0524. The number of alkyl halides is 3. The van der Waals surface area contributed by atoms with Gasteiger partial charge in [-0.05, 0) is 59.9 Å². The number of thiazole rings is 1. The maximum Gasteiger partial charge on any atom is 0.417 e. The zero-order valence-electron chi connectivity index (χ0n) is 21.9. The van der Waals surface area contributed by atoms with E-state index in [1.807, 2.05) is 27.7 Å². The van der Waals surface area contributed by atoms with Crippen molar-refractivity contribution in [1.29, 1.82) is 0 Å². The molecule has 204 valence electrons. The Morgan fingerprint density at radius 1 is 1.24 bits per heavy atom. The molecular weight excluding hydrogens is 507 g/mol. The number of rotatable bonds is 8. The normalized spacial score (nSPS) is 16.7. The molecule has 0 saturated carbocycles. The van der Waals surface area contributed by atoms with Gasteiger partial charge in [-0.25, -0.2) is 9.97 Å². The molecule has 0 bridgehead atoms. The van der Waals surface area contributed by atoms with E-state index in [0.717, 1.165) is 25.1 Å². The second kappa shape index (κ2) is 10.6. The highest BCUT2D eigenvalue weighted by Gasteiger charge is 2.38. The van der Waals surface area contributed by atoms with Crippen LogP contribution in [0.25, 0.3) is 10.4 Å². The molecule has 8 nitrogen and oxygen atoms in total. The molecular formula is C25H34F3N5O3S. The van der Waals surface area contributed by atoms with Gasteiger partial charge < -0.3 is 20.6 Å². The summed E-state index contributed by atoms with van der Waals surface area (Å²) in [4.78, 5) is 36.1. The van der Waals surface area contributed by atoms with Gasteiger partial charge in [0.1, 0.15) is 11.5 Å². The first-order valence-corrected chi connectivity index (χ1v) is 13.0. The molecule has 0 radical (unpaired) electrons. The van der Waals surface area contributed by atoms with Gasteiger partial charge in [-0.3, -0.25) is 9.59 Å². The average Bonchev–Trinajstić information content (AvgIpc) is 3.42. The van der Waals surface area contributed by atoms with Crippen LogP contribution in [0.4, 0.5) is 19.0 Å². The summed E-state index contributed by atoms with van der Waals surface area (Å²) in [6.07, 6.45) is -1.48. The second-order valence-electron chi connectivity index (χ2n) is 10.7. The number of aromatic nitrogens is 2. The number of amides is 2. The van der Waals surface area contributed by atoms with Crippen molar-refractivity contribution >= 4 is 29.0 Å². The van der Waals surface area contributed by atoms with Crippen LogP contribution < -0.4 is 10.6 Å². The van der Waals surface area contributed by atoms with Crippen LogP contribution in [0.1, 0.15) is 86.7 Å². The van der Waals surface area contributed by atoms with Crippen LogP contribution >= 0.6 is 11.3 Å². The highest BCUT2D eigenvalue weighted by atomic mass is 32.1. The Morgan fingerprint density at radius 2 is 1.92 bits per heavy atom. The van der Waals surface area contributed by atoms with Gasteiger partial charge in [0.15, 0.2) is 5.01 Å². The maximum absolute atomic E-state index is 14.3. The third kappa shape index (κ3) is 6.98. The topological polar surface area (TPSA) is 107 Å². The minimum Gasteiger partial charge on any atom is -0.389 e. The van der Waals surface area contributed by atoms with E-state index in [9.17, 15) is 27.9 Å². The van der Waals surface area contributed by atoms with Crippen molar-refractivity contribution in [3.8, 4) is 10.4 Å². The molecule has 12 heteroatoms. The van der Waals surface area contributed by atoms with Crippen LogP contribution in [-0.4, -0.2) is 62.1 Å². The number of carbonyl (C=O) groups excluding carboxylic acids is 2. The molecule has 2 amide bonds. The Bertz CT molecular complexity index is 1160. The zero-order chi connectivity index (χ0) is 27.8. The van der Waals surface area contributed by atoms with E-state index < -0.39 is 34.7 Å². The predicted molar refractivity (Wildman–Crippen MR) is 137 cm³/mol. The van der Waals surface area contributed by atoms with Crippen LogP contribution in [0.2, 0.25) is 0 Å². The molecule has 1 fully saturated rings. The number of carbonyl (C=O) groups is 2. The van der Waals surface area contributed by atoms with Gasteiger partial charge in [-0.15, -0.1) is 11.3 Å². The summed E-state index contributed by atoms with van der Waals surface area (Å²) in [6, 6.07) is 0.824. The zero-order valence-corrected chi connectivity index (χ0v) is 22.7. The van der Waals surface area contributed by atoms with Crippen molar-refractivity contribution in [3.05, 3.63) is 28.5 Å². The Balaban J connectivity index is 2.13. The predicted octanol–water partition coefficient (Wildman–Crippen LogP) is 4.95. The first-order chi connectivity index (χ1) is 17.0. The molecule has 0 aliphatic carbocycles. The molecule has 2 aromatic heterocycles. The fraction of sp³-hybridized carbons (Fsp3) is 0.600.